The van der Waals surface area contributed by atoms with Crippen molar-refractivity contribution >= 4 is 57.6 Å². The molecule has 0 fully saturated rings. The van der Waals surface area contributed by atoms with Gasteiger partial charge in [0.2, 0.25) is 6.41 Å². The number of aromatic nitrogens is 1. The van der Waals surface area contributed by atoms with E-state index < -0.39 is 0 Å². The highest BCUT2D eigenvalue weighted by Crippen LogP contribution is 2.33. The van der Waals surface area contributed by atoms with Crippen LogP contribution in [0.4, 0.5) is 11.4 Å². The summed E-state index contributed by atoms with van der Waals surface area (Å²) in [5, 5.41) is 11.8. The van der Waals surface area contributed by atoms with Gasteiger partial charge in [-0.05, 0) is 59.7 Å². The van der Waals surface area contributed by atoms with E-state index in [2.05, 4.69) is 15.4 Å². The lowest BCUT2D eigenvalue weighted by Crippen LogP contribution is -2.17. The molecule has 1 aliphatic heterocycles. The predicted molar refractivity (Wildman–Crippen MR) is 130 cm³/mol. The van der Waals surface area contributed by atoms with E-state index in [9.17, 15) is 4.79 Å². The maximum absolute atomic E-state index is 11.7. The van der Waals surface area contributed by atoms with Crippen LogP contribution in [0.15, 0.2) is 84.1 Å². The maximum atomic E-state index is 11.7. The number of anilines is 2. The Balaban J connectivity index is 1.42. The molecule has 1 aromatic heterocycles. The molecule has 1 amide bonds. The zero-order chi connectivity index (χ0) is 22.1. The molecule has 0 bridgehead atoms. The molecular weight excluding hydrogens is 443 g/mol. The molecule has 1 unspecified atom stereocenters. The molecular formula is C25H18Cl2N4O. The van der Waals surface area contributed by atoms with Gasteiger partial charge in [-0.3, -0.25) is 9.78 Å². The van der Waals surface area contributed by atoms with Crippen LogP contribution in [0, 0.1) is 0 Å². The van der Waals surface area contributed by atoms with E-state index in [0.29, 0.717) is 16.5 Å². The van der Waals surface area contributed by atoms with E-state index in [-0.39, 0.29) is 6.04 Å². The summed E-state index contributed by atoms with van der Waals surface area (Å²) in [5.74, 6) is 0. The second-order valence-corrected chi connectivity index (χ2v) is 8.40. The number of carbonyl (C=O) groups is 1. The molecule has 2 heterocycles. The Kier molecular flexibility index (Phi) is 5.52. The van der Waals surface area contributed by atoms with Crippen molar-refractivity contribution in [1.82, 2.24) is 9.99 Å². The summed E-state index contributed by atoms with van der Waals surface area (Å²) >= 11 is 12.1. The van der Waals surface area contributed by atoms with E-state index in [0.717, 1.165) is 45.5 Å². The Morgan fingerprint density at radius 2 is 1.78 bits per heavy atom. The fourth-order valence-electron chi connectivity index (χ4n) is 3.92. The molecule has 158 valence electrons. The van der Waals surface area contributed by atoms with E-state index in [1.165, 1.54) is 5.01 Å². The highest BCUT2D eigenvalue weighted by molar-refractivity contribution is 6.31. The third kappa shape index (κ3) is 4.05. The van der Waals surface area contributed by atoms with Crippen LogP contribution < -0.4 is 5.32 Å². The van der Waals surface area contributed by atoms with Crippen molar-refractivity contribution in [2.75, 3.05) is 5.32 Å². The Bertz CT molecular complexity index is 1340. The summed E-state index contributed by atoms with van der Waals surface area (Å²) in [6.45, 7) is 0. The number of hydrazone groups is 1. The monoisotopic (exact) mass is 460 g/mol. The SMILES string of the molecule is O=CN1N=C(c2cccc(Nc3ccnc4cc(Cl)ccc34)c2)CC1c1ccc(Cl)cc1. The van der Waals surface area contributed by atoms with E-state index in [1.54, 1.807) is 6.20 Å². The van der Waals surface area contributed by atoms with Crippen LogP contribution in [-0.4, -0.2) is 22.1 Å². The van der Waals surface area contributed by atoms with Crippen LogP contribution in [0.2, 0.25) is 10.0 Å². The van der Waals surface area contributed by atoms with E-state index in [1.807, 2.05) is 72.8 Å². The first kappa shape index (κ1) is 20.5. The van der Waals surface area contributed by atoms with Gasteiger partial charge < -0.3 is 5.32 Å². The van der Waals surface area contributed by atoms with Gasteiger partial charge in [-0.15, -0.1) is 0 Å². The topological polar surface area (TPSA) is 57.6 Å². The summed E-state index contributed by atoms with van der Waals surface area (Å²) in [5.41, 5.74) is 5.49. The van der Waals surface area contributed by atoms with Crippen molar-refractivity contribution in [1.29, 1.82) is 0 Å². The first-order chi connectivity index (χ1) is 15.6. The molecule has 4 aromatic rings. The van der Waals surface area contributed by atoms with Crippen LogP contribution in [0.3, 0.4) is 0 Å². The Hall–Kier alpha value is -3.41. The van der Waals surface area contributed by atoms with Crippen molar-refractivity contribution in [3.05, 3.63) is 100 Å². The molecule has 0 saturated heterocycles. The molecule has 1 N–H and O–H groups in total. The van der Waals surface area contributed by atoms with Gasteiger partial charge in [0.15, 0.2) is 0 Å². The number of amides is 1. The largest absolute Gasteiger partial charge is 0.355 e. The lowest BCUT2D eigenvalue weighted by atomic mass is 9.98. The Labute approximate surface area is 195 Å². The summed E-state index contributed by atoms with van der Waals surface area (Å²) in [6.07, 6.45) is 3.15. The summed E-state index contributed by atoms with van der Waals surface area (Å²) in [7, 11) is 0. The molecule has 0 aliphatic carbocycles. The number of fused-ring (bicyclic) bond motifs is 1. The Morgan fingerprint density at radius 1 is 0.969 bits per heavy atom. The van der Waals surface area contributed by atoms with Crippen molar-refractivity contribution in [3.63, 3.8) is 0 Å². The average molecular weight is 461 g/mol. The molecule has 7 heteroatoms. The molecule has 32 heavy (non-hydrogen) atoms. The molecule has 3 aromatic carbocycles. The number of hydrogen-bond acceptors (Lipinski definition) is 4. The molecule has 1 atom stereocenters. The van der Waals surface area contributed by atoms with Crippen molar-refractivity contribution in [2.45, 2.75) is 12.5 Å². The van der Waals surface area contributed by atoms with E-state index in [4.69, 9.17) is 23.2 Å². The van der Waals surface area contributed by atoms with Crippen LogP contribution in [-0.2, 0) is 4.79 Å². The summed E-state index contributed by atoms with van der Waals surface area (Å²) in [6, 6.07) is 23.0. The Morgan fingerprint density at radius 3 is 2.59 bits per heavy atom. The smallest absolute Gasteiger partial charge is 0.230 e. The van der Waals surface area contributed by atoms with Gasteiger partial charge in [0, 0.05) is 39.4 Å². The zero-order valence-electron chi connectivity index (χ0n) is 16.9. The lowest BCUT2D eigenvalue weighted by molar-refractivity contribution is -0.119. The van der Waals surface area contributed by atoms with Gasteiger partial charge in [0.1, 0.15) is 0 Å². The molecule has 5 nitrogen and oxygen atoms in total. The highest BCUT2D eigenvalue weighted by Gasteiger charge is 2.28. The first-order valence-corrected chi connectivity index (χ1v) is 10.8. The van der Waals surface area contributed by atoms with Gasteiger partial charge >= 0.3 is 0 Å². The fraction of sp³-hybridized carbons (Fsp3) is 0.0800. The average Bonchev–Trinajstić information content (AvgIpc) is 3.24. The van der Waals surface area contributed by atoms with Crippen LogP contribution >= 0.6 is 23.2 Å². The number of benzene rings is 3. The number of nitrogens with zero attached hydrogens (tertiary/aromatic N) is 3. The van der Waals surface area contributed by atoms with Crippen LogP contribution in [0.25, 0.3) is 10.9 Å². The summed E-state index contributed by atoms with van der Waals surface area (Å²) < 4.78 is 0. The third-order valence-electron chi connectivity index (χ3n) is 5.48. The molecule has 5 rings (SSSR count). The van der Waals surface area contributed by atoms with Crippen LogP contribution in [0.1, 0.15) is 23.6 Å². The van der Waals surface area contributed by atoms with Gasteiger partial charge in [-0.25, -0.2) is 5.01 Å². The first-order valence-electron chi connectivity index (χ1n) is 10.1. The predicted octanol–water partition coefficient (Wildman–Crippen LogP) is 6.59. The zero-order valence-corrected chi connectivity index (χ0v) is 18.4. The standard InChI is InChI=1S/C25H18Cl2N4O/c26-18-6-4-16(5-7-18)25-14-23(30-31(25)15-32)17-2-1-3-20(12-17)29-22-10-11-28-24-13-19(27)8-9-21(22)24/h1-13,15,25H,14H2,(H,28,29). The highest BCUT2D eigenvalue weighted by atomic mass is 35.5. The quantitative estimate of drug-likeness (QED) is 0.341. The number of nitrogens with one attached hydrogen (secondary N) is 1. The minimum Gasteiger partial charge on any atom is -0.355 e. The molecule has 0 saturated carbocycles. The number of rotatable bonds is 5. The minimum absolute atomic E-state index is 0.148. The second-order valence-electron chi connectivity index (χ2n) is 7.53. The number of halogens is 2. The van der Waals surface area contributed by atoms with Crippen LogP contribution in [0.5, 0.6) is 0 Å². The van der Waals surface area contributed by atoms with Gasteiger partial charge in [0.25, 0.3) is 0 Å². The van der Waals surface area contributed by atoms with Crippen molar-refractivity contribution in [3.8, 4) is 0 Å². The molecule has 1 aliphatic rings. The van der Waals surface area contributed by atoms with E-state index >= 15 is 0 Å². The summed E-state index contributed by atoms with van der Waals surface area (Å²) in [4.78, 5) is 16.1. The number of pyridine rings is 1. The van der Waals surface area contributed by atoms with Crippen molar-refractivity contribution < 1.29 is 4.79 Å². The second kappa shape index (κ2) is 8.61. The minimum atomic E-state index is -0.148. The third-order valence-corrected chi connectivity index (χ3v) is 5.97. The normalized spacial score (nSPS) is 15.6. The maximum Gasteiger partial charge on any atom is 0.230 e. The number of carbonyl (C=O) groups excluding carboxylic acids is 1. The fourth-order valence-corrected chi connectivity index (χ4v) is 4.21. The van der Waals surface area contributed by atoms with Crippen molar-refractivity contribution in [2.24, 2.45) is 5.10 Å². The lowest BCUT2D eigenvalue weighted by Gasteiger charge is -2.17. The van der Waals surface area contributed by atoms with Gasteiger partial charge in [-0.2, -0.15) is 5.10 Å². The number of hydrogen-bond donors (Lipinski definition) is 1. The molecule has 0 radical (unpaired) electrons. The van der Waals surface area contributed by atoms with Gasteiger partial charge in [0.05, 0.1) is 17.3 Å². The van der Waals surface area contributed by atoms with Gasteiger partial charge in [-0.1, -0.05) is 47.5 Å². The molecule has 0 spiro atoms.